The molecule has 1 saturated heterocycles. The fourth-order valence-corrected chi connectivity index (χ4v) is 2.46. The summed E-state index contributed by atoms with van der Waals surface area (Å²) in [4.78, 5) is 10.4. The van der Waals surface area contributed by atoms with Crippen molar-refractivity contribution in [2.45, 2.75) is 12.8 Å². The number of hydrogen-bond donors (Lipinski definition) is 0. The Balaban J connectivity index is 2.56. The molecule has 1 heterocycles. The number of rotatable bonds is 6. The summed E-state index contributed by atoms with van der Waals surface area (Å²) in [5.41, 5.74) is 0. The van der Waals surface area contributed by atoms with E-state index in [1.54, 1.807) is 0 Å². The Morgan fingerprint density at radius 2 is 1.14 bits per heavy atom. The molecule has 114 valence electrons. The highest BCUT2D eigenvalue weighted by atomic mass is 15.3. The summed E-state index contributed by atoms with van der Waals surface area (Å²) in [6.45, 7) is 15.6. The van der Waals surface area contributed by atoms with Gasteiger partial charge in [-0.25, -0.2) is 6.57 Å². The van der Waals surface area contributed by atoms with E-state index in [0.29, 0.717) is 19.4 Å². The lowest BCUT2D eigenvalue weighted by Gasteiger charge is -2.24. The molecule has 6 nitrogen and oxygen atoms in total. The van der Waals surface area contributed by atoms with E-state index >= 15 is 0 Å². The smallest absolute Gasteiger partial charge is 0.227 e. The van der Waals surface area contributed by atoms with Crippen LogP contribution in [0.1, 0.15) is 12.8 Å². The second-order valence-corrected chi connectivity index (χ2v) is 5.22. The van der Waals surface area contributed by atoms with Crippen molar-refractivity contribution in [1.29, 1.82) is 10.5 Å². The molecule has 0 amide bonds. The first-order valence-corrected chi connectivity index (χ1v) is 7.54. The van der Waals surface area contributed by atoms with Crippen LogP contribution in [-0.2, 0) is 0 Å². The summed E-state index contributed by atoms with van der Waals surface area (Å²) in [6.07, 6.45) is 1.11. The monoisotopic (exact) mass is 288 g/mol. The Kier molecular flexibility index (Phi) is 9.16. The van der Waals surface area contributed by atoms with Crippen LogP contribution in [0.2, 0.25) is 0 Å². The van der Waals surface area contributed by atoms with Crippen LogP contribution in [0.5, 0.6) is 0 Å². The zero-order chi connectivity index (χ0) is 15.3. The SMILES string of the molecule is [C-]#[N+]CCN1CCN(CCC#N)CCN(CCC#N)CC1. The van der Waals surface area contributed by atoms with E-state index < -0.39 is 0 Å². The van der Waals surface area contributed by atoms with Gasteiger partial charge in [-0.1, -0.05) is 0 Å². The minimum absolute atomic E-state index is 0.538. The third-order valence-electron chi connectivity index (χ3n) is 3.81. The van der Waals surface area contributed by atoms with Gasteiger partial charge in [-0.3, -0.25) is 14.7 Å². The van der Waals surface area contributed by atoms with Gasteiger partial charge in [-0.2, -0.15) is 10.5 Å². The third-order valence-corrected chi connectivity index (χ3v) is 3.81. The van der Waals surface area contributed by atoms with E-state index in [-0.39, 0.29) is 0 Å². The van der Waals surface area contributed by atoms with E-state index in [1.165, 1.54) is 0 Å². The Morgan fingerprint density at radius 1 is 0.762 bits per heavy atom. The lowest BCUT2D eigenvalue weighted by Crippen LogP contribution is -2.37. The van der Waals surface area contributed by atoms with E-state index in [4.69, 9.17) is 17.1 Å². The third kappa shape index (κ3) is 7.63. The molecule has 0 aromatic heterocycles. The minimum Gasteiger partial charge on any atom is -0.316 e. The quantitative estimate of drug-likeness (QED) is 0.672. The number of hydrogen-bond acceptors (Lipinski definition) is 5. The van der Waals surface area contributed by atoms with Gasteiger partial charge in [0.05, 0.1) is 18.7 Å². The highest BCUT2D eigenvalue weighted by Gasteiger charge is 2.16. The maximum atomic E-state index is 8.75. The van der Waals surface area contributed by atoms with Crippen molar-refractivity contribution < 1.29 is 0 Å². The largest absolute Gasteiger partial charge is 0.316 e. The van der Waals surface area contributed by atoms with Crippen molar-refractivity contribution in [2.75, 3.05) is 65.4 Å². The maximum Gasteiger partial charge on any atom is 0.227 e. The molecule has 1 aliphatic heterocycles. The Labute approximate surface area is 128 Å². The van der Waals surface area contributed by atoms with Crippen molar-refractivity contribution in [1.82, 2.24) is 14.7 Å². The molecule has 0 bridgehead atoms. The fourth-order valence-electron chi connectivity index (χ4n) is 2.46. The molecule has 0 radical (unpaired) electrons. The van der Waals surface area contributed by atoms with Gasteiger partial charge in [-0.15, -0.1) is 0 Å². The zero-order valence-corrected chi connectivity index (χ0v) is 12.7. The molecular formula is C15H24N6. The Bertz CT molecular complexity index is 328. The first-order valence-electron chi connectivity index (χ1n) is 7.54. The highest BCUT2D eigenvalue weighted by molar-refractivity contribution is 4.79. The van der Waals surface area contributed by atoms with Crippen LogP contribution in [-0.4, -0.2) is 80.1 Å². The Morgan fingerprint density at radius 3 is 1.48 bits per heavy atom. The molecule has 1 fully saturated rings. The zero-order valence-electron chi connectivity index (χ0n) is 12.7. The molecule has 0 atom stereocenters. The fraction of sp³-hybridized carbons (Fsp3) is 0.800. The van der Waals surface area contributed by atoms with Crippen molar-refractivity contribution >= 4 is 0 Å². The van der Waals surface area contributed by atoms with Crippen LogP contribution >= 0.6 is 0 Å². The first-order chi connectivity index (χ1) is 10.3. The summed E-state index contributed by atoms with van der Waals surface area (Å²) >= 11 is 0. The molecule has 0 saturated carbocycles. The van der Waals surface area contributed by atoms with Crippen molar-refractivity contribution in [2.24, 2.45) is 0 Å². The van der Waals surface area contributed by atoms with E-state index in [1.807, 2.05) is 0 Å². The van der Waals surface area contributed by atoms with Gasteiger partial charge in [0.1, 0.15) is 0 Å². The average Bonchev–Trinajstić information content (AvgIpc) is 2.60. The van der Waals surface area contributed by atoms with Gasteiger partial charge in [0.2, 0.25) is 6.54 Å². The second kappa shape index (κ2) is 11.1. The molecule has 1 rings (SSSR count). The van der Waals surface area contributed by atoms with Crippen LogP contribution in [0.3, 0.4) is 0 Å². The van der Waals surface area contributed by atoms with E-state index in [9.17, 15) is 0 Å². The van der Waals surface area contributed by atoms with Gasteiger partial charge >= 0.3 is 0 Å². The van der Waals surface area contributed by atoms with Crippen LogP contribution in [0, 0.1) is 29.2 Å². The molecule has 6 heteroatoms. The lowest BCUT2D eigenvalue weighted by molar-refractivity contribution is 0.224. The normalized spacial score (nSPS) is 18.7. The maximum absolute atomic E-state index is 8.75. The highest BCUT2D eigenvalue weighted by Crippen LogP contribution is 2.02. The molecule has 21 heavy (non-hydrogen) atoms. The first kappa shape index (κ1) is 17.4. The molecule has 0 aromatic rings. The van der Waals surface area contributed by atoms with Gasteiger partial charge in [0.15, 0.2) is 0 Å². The standard InChI is InChI=1S/C15H24N6/c1-18-6-9-21-14-12-19(7-2-4-16)10-11-20(13-15-21)8-3-5-17/h2-3,6-15H2. The molecule has 0 spiro atoms. The van der Waals surface area contributed by atoms with Gasteiger partial charge in [0, 0.05) is 65.2 Å². The van der Waals surface area contributed by atoms with Gasteiger partial charge in [-0.05, 0) is 0 Å². The number of nitriles is 2. The summed E-state index contributed by atoms with van der Waals surface area (Å²) in [5.74, 6) is 0. The van der Waals surface area contributed by atoms with Crippen LogP contribution in [0.4, 0.5) is 0 Å². The van der Waals surface area contributed by atoms with Crippen LogP contribution in [0.15, 0.2) is 0 Å². The molecule has 1 aliphatic rings. The van der Waals surface area contributed by atoms with Crippen LogP contribution < -0.4 is 0 Å². The summed E-state index contributed by atoms with van der Waals surface area (Å²) in [5, 5.41) is 17.5. The average molecular weight is 288 g/mol. The summed E-state index contributed by atoms with van der Waals surface area (Å²) < 4.78 is 0. The molecule has 0 N–H and O–H groups in total. The second-order valence-electron chi connectivity index (χ2n) is 5.22. The topological polar surface area (TPSA) is 61.7 Å². The molecule has 0 aliphatic carbocycles. The lowest BCUT2D eigenvalue weighted by atomic mass is 10.3. The van der Waals surface area contributed by atoms with Crippen molar-refractivity contribution in [3.63, 3.8) is 0 Å². The molecule has 0 aromatic carbocycles. The minimum atomic E-state index is 0.538. The molecule has 0 unspecified atom stereocenters. The van der Waals surface area contributed by atoms with Crippen molar-refractivity contribution in [3.8, 4) is 12.1 Å². The Hall–Kier alpha value is -1.65. The van der Waals surface area contributed by atoms with Crippen LogP contribution in [0.25, 0.3) is 4.85 Å². The van der Waals surface area contributed by atoms with E-state index in [0.717, 1.165) is 58.9 Å². The van der Waals surface area contributed by atoms with E-state index in [2.05, 4.69) is 31.7 Å². The molecular weight excluding hydrogens is 264 g/mol. The summed E-state index contributed by atoms with van der Waals surface area (Å²) in [7, 11) is 0. The number of nitrogens with zero attached hydrogens (tertiary/aromatic N) is 6. The van der Waals surface area contributed by atoms with Gasteiger partial charge in [0.25, 0.3) is 0 Å². The van der Waals surface area contributed by atoms with Crippen molar-refractivity contribution in [3.05, 3.63) is 11.4 Å². The predicted octanol–water partition coefficient (Wildman–Crippen LogP) is 0.653. The summed E-state index contributed by atoms with van der Waals surface area (Å²) in [6, 6.07) is 4.41. The van der Waals surface area contributed by atoms with Gasteiger partial charge < -0.3 is 4.85 Å². The predicted molar refractivity (Wildman–Crippen MR) is 81.2 cm³/mol.